The number of aliphatic hydroxyl groups is 1. The zero-order valence-corrected chi connectivity index (χ0v) is 8.66. The van der Waals surface area contributed by atoms with Crippen LogP contribution in [0, 0.1) is 0 Å². The first-order chi connectivity index (χ1) is 6.00. The topological polar surface area (TPSA) is 66.6 Å². The smallest absolute Gasteiger partial charge is 0.239 e. The Morgan fingerprint density at radius 1 is 1.46 bits per heavy atom. The minimum absolute atomic E-state index is 0.0524. The predicted molar refractivity (Wildman–Crippen MR) is 52.2 cm³/mol. The molecule has 0 aromatic heterocycles. The van der Waals surface area contributed by atoms with E-state index in [1.54, 1.807) is 11.8 Å². The molecule has 78 valence electrons. The second-order valence-electron chi connectivity index (χ2n) is 3.49. The van der Waals surface area contributed by atoms with Crippen molar-refractivity contribution in [3.05, 3.63) is 0 Å². The van der Waals surface area contributed by atoms with Gasteiger partial charge in [-0.2, -0.15) is 0 Å². The van der Waals surface area contributed by atoms with E-state index in [1.807, 2.05) is 13.8 Å². The second-order valence-corrected chi connectivity index (χ2v) is 3.49. The van der Waals surface area contributed by atoms with Gasteiger partial charge in [0.2, 0.25) is 5.91 Å². The Kier molecular flexibility index (Phi) is 5.66. The van der Waals surface area contributed by atoms with Gasteiger partial charge in [0, 0.05) is 19.2 Å². The molecule has 3 N–H and O–H groups in total. The summed E-state index contributed by atoms with van der Waals surface area (Å²) in [4.78, 5) is 13.2. The van der Waals surface area contributed by atoms with Crippen molar-refractivity contribution >= 4 is 5.91 Å². The van der Waals surface area contributed by atoms with E-state index in [9.17, 15) is 4.79 Å². The standard InChI is InChI=1S/C9H20N2O2/c1-7(2)11(5-4-6-12)9(13)8(3)10/h7-8,12H,4-6,10H2,1-3H3. The Bertz CT molecular complexity index is 158. The summed E-state index contributed by atoms with van der Waals surface area (Å²) in [6.45, 7) is 6.25. The van der Waals surface area contributed by atoms with Crippen molar-refractivity contribution in [3.8, 4) is 0 Å². The minimum atomic E-state index is -0.457. The maximum absolute atomic E-state index is 11.5. The number of carbonyl (C=O) groups excluding carboxylic acids is 1. The maximum Gasteiger partial charge on any atom is 0.239 e. The highest BCUT2D eigenvalue weighted by Gasteiger charge is 2.19. The molecule has 1 atom stereocenters. The number of hydrogen-bond acceptors (Lipinski definition) is 3. The molecule has 0 bridgehead atoms. The van der Waals surface area contributed by atoms with Gasteiger partial charge in [0.05, 0.1) is 6.04 Å². The molecule has 1 unspecified atom stereocenters. The van der Waals surface area contributed by atoms with Crippen molar-refractivity contribution in [1.29, 1.82) is 0 Å². The molecular formula is C9H20N2O2. The maximum atomic E-state index is 11.5. The number of amides is 1. The number of hydrogen-bond donors (Lipinski definition) is 2. The van der Waals surface area contributed by atoms with Gasteiger partial charge in [0.25, 0.3) is 0 Å². The summed E-state index contributed by atoms with van der Waals surface area (Å²) in [5, 5.41) is 8.65. The van der Waals surface area contributed by atoms with Crippen LogP contribution in [0.1, 0.15) is 27.2 Å². The van der Waals surface area contributed by atoms with Gasteiger partial charge in [-0.05, 0) is 27.2 Å². The van der Waals surface area contributed by atoms with Gasteiger partial charge in [-0.1, -0.05) is 0 Å². The lowest BCUT2D eigenvalue weighted by Crippen LogP contribution is -2.46. The fourth-order valence-electron chi connectivity index (χ4n) is 1.13. The second kappa shape index (κ2) is 5.94. The lowest BCUT2D eigenvalue weighted by Gasteiger charge is -2.28. The molecule has 4 nitrogen and oxygen atoms in total. The minimum Gasteiger partial charge on any atom is -0.396 e. The number of nitrogens with zero attached hydrogens (tertiary/aromatic N) is 1. The van der Waals surface area contributed by atoms with Gasteiger partial charge in [0.15, 0.2) is 0 Å². The highest BCUT2D eigenvalue weighted by Crippen LogP contribution is 2.02. The SMILES string of the molecule is CC(N)C(=O)N(CCCO)C(C)C. The van der Waals surface area contributed by atoms with Crippen LogP contribution >= 0.6 is 0 Å². The zero-order valence-electron chi connectivity index (χ0n) is 8.66. The lowest BCUT2D eigenvalue weighted by molar-refractivity contribution is -0.134. The van der Waals surface area contributed by atoms with Crippen molar-refractivity contribution < 1.29 is 9.90 Å². The molecule has 0 fully saturated rings. The Morgan fingerprint density at radius 3 is 2.31 bits per heavy atom. The van der Waals surface area contributed by atoms with Crippen LogP contribution in [0.5, 0.6) is 0 Å². The monoisotopic (exact) mass is 188 g/mol. The Labute approximate surface area is 79.7 Å². The van der Waals surface area contributed by atoms with Crippen LogP contribution in [0.4, 0.5) is 0 Å². The predicted octanol–water partition coefficient (Wildman–Crippen LogP) is -0.0470. The number of rotatable bonds is 5. The summed E-state index contributed by atoms with van der Waals surface area (Å²) < 4.78 is 0. The van der Waals surface area contributed by atoms with E-state index in [0.717, 1.165) is 0 Å². The van der Waals surface area contributed by atoms with Crippen LogP contribution in [-0.2, 0) is 4.79 Å². The molecule has 0 spiro atoms. The van der Waals surface area contributed by atoms with Crippen LogP contribution in [0.3, 0.4) is 0 Å². The molecule has 1 amide bonds. The summed E-state index contributed by atoms with van der Waals surface area (Å²) in [6, 6.07) is -0.314. The fraction of sp³-hybridized carbons (Fsp3) is 0.889. The van der Waals surface area contributed by atoms with Gasteiger partial charge >= 0.3 is 0 Å². The molecule has 0 aliphatic heterocycles. The summed E-state index contributed by atoms with van der Waals surface area (Å²) >= 11 is 0. The molecule has 13 heavy (non-hydrogen) atoms. The molecule has 0 heterocycles. The highest BCUT2D eigenvalue weighted by molar-refractivity contribution is 5.81. The lowest BCUT2D eigenvalue weighted by atomic mass is 10.2. The molecule has 0 aliphatic carbocycles. The number of aliphatic hydroxyl groups excluding tert-OH is 1. The fourth-order valence-corrected chi connectivity index (χ4v) is 1.13. The molecule has 0 saturated heterocycles. The van der Waals surface area contributed by atoms with Crippen molar-refractivity contribution in [2.45, 2.75) is 39.3 Å². The van der Waals surface area contributed by atoms with Gasteiger partial charge in [-0.3, -0.25) is 4.79 Å². The normalized spacial score (nSPS) is 13.1. The highest BCUT2D eigenvalue weighted by atomic mass is 16.3. The third-order valence-corrected chi connectivity index (χ3v) is 1.85. The first kappa shape index (κ1) is 12.4. The van der Waals surface area contributed by atoms with Gasteiger partial charge in [-0.25, -0.2) is 0 Å². The van der Waals surface area contributed by atoms with E-state index in [-0.39, 0.29) is 18.6 Å². The average Bonchev–Trinajstić information content (AvgIpc) is 2.04. The van der Waals surface area contributed by atoms with Crippen molar-refractivity contribution in [2.75, 3.05) is 13.2 Å². The van der Waals surface area contributed by atoms with Crippen molar-refractivity contribution in [3.63, 3.8) is 0 Å². The van der Waals surface area contributed by atoms with Crippen LogP contribution in [0.2, 0.25) is 0 Å². The Hall–Kier alpha value is -0.610. The molecule has 0 aromatic rings. The summed E-state index contributed by atoms with van der Waals surface area (Å²) in [5.74, 6) is -0.0524. The quantitative estimate of drug-likeness (QED) is 0.636. The number of nitrogens with two attached hydrogens (primary N) is 1. The third kappa shape index (κ3) is 4.24. The third-order valence-electron chi connectivity index (χ3n) is 1.85. The summed E-state index contributed by atoms with van der Waals surface area (Å²) in [7, 11) is 0. The first-order valence-corrected chi connectivity index (χ1v) is 4.67. The van der Waals surface area contributed by atoms with Gasteiger partial charge in [-0.15, -0.1) is 0 Å². The van der Waals surface area contributed by atoms with Crippen molar-refractivity contribution in [2.24, 2.45) is 5.73 Å². The van der Waals surface area contributed by atoms with E-state index in [0.29, 0.717) is 13.0 Å². The van der Waals surface area contributed by atoms with E-state index < -0.39 is 6.04 Å². The van der Waals surface area contributed by atoms with Gasteiger partial charge < -0.3 is 15.7 Å². The molecule has 0 saturated carbocycles. The summed E-state index contributed by atoms with van der Waals surface area (Å²) in [5.41, 5.74) is 5.49. The average molecular weight is 188 g/mol. The molecule has 0 aliphatic rings. The number of carbonyl (C=O) groups is 1. The molecule has 0 radical (unpaired) electrons. The van der Waals surface area contributed by atoms with Gasteiger partial charge in [0.1, 0.15) is 0 Å². The van der Waals surface area contributed by atoms with E-state index in [2.05, 4.69) is 0 Å². The Balaban J connectivity index is 4.16. The van der Waals surface area contributed by atoms with Crippen LogP contribution in [0.25, 0.3) is 0 Å². The first-order valence-electron chi connectivity index (χ1n) is 4.67. The van der Waals surface area contributed by atoms with Crippen molar-refractivity contribution in [1.82, 2.24) is 4.90 Å². The molecule has 0 rings (SSSR count). The van der Waals surface area contributed by atoms with E-state index >= 15 is 0 Å². The largest absolute Gasteiger partial charge is 0.396 e. The molecule has 4 heteroatoms. The van der Waals surface area contributed by atoms with Crippen LogP contribution in [0.15, 0.2) is 0 Å². The van der Waals surface area contributed by atoms with E-state index in [4.69, 9.17) is 10.8 Å². The van der Waals surface area contributed by atoms with Crippen LogP contribution < -0.4 is 5.73 Å². The van der Waals surface area contributed by atoms with Crippen LogP contribution in [-0.4, -0.2) is 41.1 Å². The van der Waals surface area contributed by atoms with E-state index in [1.165, 1.54) is 0 Å². The molecule has 0 aromatic carbocycles. The Morgan fingerprint density at radius 2 is 2.00 bits per heavy atom. The zero-order chi connectivity index (χ0) is 10.4. The summed E-state index contributed by atoms with van der Waals surface area (Å²) in [6.07, 6.45) is 0.608. The molecular weight excluding hydrogens is 168 g/mol.